The normalized spacial score (nSPS) is 13.4. The Balaban J connectivity index is 1.52. The number of aliphatic imine (C=N–C) groups is 2. The number of nitrogens with one attached hydrogen (secondary N) is 3. The third-order valence-corrected chi connectivity index (χ3v) is 7.94. The Morgan fingerprint density at radius 3 is 2.04 bits per heavy atom. The summed E-state index contributed by atoms with van der Waals surface area (Å²) in [5.41, 5.74) is 8.95. The zero-order valence-corrected chi connectivity index (χ0v) is 29.4. The standard InChI is InChI=1S/C38H44N6O7/c1-6-23(2)31(44-37(49)50-32-28-14-9-7-12-26(28)27-13-8-10-15-29(27)32)34(46)43-30(16-11-21-40-35(39)47)33(45)42-25-19-17-24(18-20-25)22-41-36(48)51-38(3,4)5/h7-10,12-15,17-20,23,32H,6,11,16,21-22H2,1-5H3,(H,41,48)(H,42,45)(H3,39,40,47)/t23-/m0/s1. The molecule has 5 N–H and O–H groups in total. The average molecular weight is 697 g/mol. The summed E-state index contributed by atoms with van der Waals surface area (Å²) < 4.78 is 11.1. The number of anilines is 1. The molecule has 1 aliphatic rings. The van der Waals surface area contributed by atoms with Crippen LogP contribution in [0.4, 0.5) is 20.1 Å². The minimum absolute atomic E-state index is 0.00359. The van der Waals surface area contributed by atoms with Crippen molar-refractivity contribution in [3.63, 3.8) is 0 Å². The van der Waals surface area contributed by atoms with Gasteiger partial charge in [0.2, 0.25) is 0 Å². The topological polar surface area (TPSA) is 191 Å². The number of carbonyl (C=O) groups is 5. The van der Waals surface area contributed by atoms with Gasteiger partial charge in [-0.05, 0) is 68.9 Å². The van der Waals surface area contributed by atoms with Crippen LogP contribution in [-0.4, -0.2) is 53.6 Å². The molecule has 268 valence electrons. The van der Waals surface area contributed by atoms with Crippen molar-refractivity contribution in [1.29, 1.82) is 0 Å². The van der Waals surface area contributed by atoms with Crippen molar-refractivity contribution in [2.45, 2.75) is 72.1 Å². The van der Waals surface area contributed by atoms with Crippen LogP contribution in [0.5, 0.6) is 0 Å². The van der Waals surface area contributed by atoms with E-state index in [9.17, 15) is 24.0 Å². The molecule has 1 atom stereocenters. The van der Waals surface area contributed by atoms with Gasteiger partial charge in [0.1, 0.15) is 17.0 Å². The van der Waals surface area contributed by atoms with Crippen LogP contribution in [0.15, 0.2) is 82.8 Å². The van der Waals surface area contributed by atoms with Crippen molar-refractivity contribution in [1.82, 2.24) is 10.6 Å². The highest BCUT2D eigenvalue weighted by Gasteiger charge is 2.32. The second kappa shape index (κ2) is 17.2. The Hall–Kier alpha value is -5.85. The van der Waals surface area contributed by atoms with Gasteiger partial charge in [0.15, 0.2) is 6.10 Å². The second-order valence-corrected chi connectivity index (χ2v) is 13.0. The highest BCUT2D eigenvalue weighted by molar-refractivity contribution is 6.49. The highest BCUT2D eigenvalue weighted by atomic mass is 16.6. The molecule has 0 aromatic heterocycles. The molecule has 0 spiro atoms. The maximum absolute atomic E-state index is 13.6. The van der Waals surface area contributed by atoms with Crippen LogP contribution in [0.2, 0.25) is 0 Å². The van der Waals surface area contributed by atoms with Gasteiger partial charge in [-0.15, -0.1) is 0 Å². The van der Waals surface area contributed by atoms with Crippen LogP contribution in [0, 0.1) is 5.92 Å². The van der Waals surface area contributed by atoms with E-state index in [2.05, 4.69) is 25.9 Å². The third kappa shape index (κ3) is 10.8. The number of hydrogen-bond acceptors (Lipinski definition) is 7. The van der Waals surface area contributed by atoms with Gasteiger partial charge in [0.25, 0.3) is 11.8 Å². The van der Waals surface area contributed by atoms with E-state index in [1.807, 2.05) is 55.5 Å². The van der Waals surface area contributed by atoms with E-state index in [0.717, 1.165) is 27.8 Å². The molecule has 6 amide bonds. The van der Waals surface area contributed by atoms with Gasteiger partial charge in [0.05, 0.1) is 0 Å². The molecule has 3 aromatic carbocycles. The Kier molecular flexibility index (Phi) is 12.8. The van der Waals surface area contributed by atoms with Crippen molar-refractivity contribution in [3.05, 3.63) is 89.5 Å². The molecule has 13 heteroatoms. The molecule has 13 nitrogen and oxygen atoms in total. The maximum Gasteiger partial charge on any atom is 0.434 e. The van der Waals surface area contributed by atoms with E-state index in [1.54, 1.807) is 52.0 Å². The van der Waals surface area contributed by atoms with Gasteiger partial charge < -0.3 is 31.2 Å². The predicted octanol–water partition coefficient (Wildman–Crippen LogP) is 6.46. The first-order chi connectivity index (χ1) is 24.3. The van der Waals surface area contributed by atoms with Gasteiger partial charge in [0, 0.05) is 35.8 Å². The molecule has 3 aromatic rings. The first-order valence-electron chi connectivity index (χ1n) is 16.8. The summed E-state index contributed by atoms with van der Waals surface area (Å²) in [5, 5.41) is 7.85. The SMILES string of the molecule is CC[C@H](C)C(=NC(=O)OC1c2ccccc2-c2ccccc21)C(=O)N=C(CCCNC(N)=O)C(=O)Nc1ccc(CNC(=O)OC(C)(C)C)cc1. The molecule has 4 rings (SSSR count). The summed E-state index contributed by atoms with van der Waals surface area (Å²) >= 11 is 0. The number of rotatable bonds is 12. The van der Waals surface area contributed by atoms with E-state index in [1.165, 1.54) is 0 Å². The number of primary amides is 1. The second-order valence-electron chi connectivity index (χ2n) is 13.0. The lowest BCUT2D eigenvalue weighted by Crippen LogP contribution is -2.32. The zero-order chi connectivity index (χ0) is 37.1. The van der Waals surface area contributed by atoms with Crippen LogP contribution < -0.4 is 21.7 Å². The van der Waals surface area contributed by atoms with Crippen LogP contribution in [0.25, 0.3) is 11.1 Å². The first kappa shape index (κ1) is 38.0. The van der Waals surface area contributed by atoms with Crippen molar-refractivity contribution in [2.75, 3.05) is 11.9 Å². The van der Waals surface area contributed by atoms with E-state index in [4.69, 9.17) is 15.2 Å². The minimum Gasteiger partial charge on any atom is -0.444 e. The fraction of sp³-hybridized carbons (Fsp3) is 0.342. The number of benzene rings is 3. The number of alkyl carbamates (subject to hydrolysis) is 1. The van der Waals surface area contributed by atoms with E-state index in [0.29, 0.717) is 12.1 Å². The van der Waals surface area contributed by atoms with Crippen LogP contribution in [0.1, 0.15) is 76.7 Å². The number of ether oxygens (including phenoxy) is 2. The molecule has 0 unspecified atom stereocenters. The highest BCUT2D eigenvalue weighted by Crippen LogP contribution is 2.45. The number of fused-ring (bicyclic) bond motifs is 3. The number of carbonyl (C=O) groups excluding carboxylic acids is 5. The van der Waals surface area contributed by atoms with Gasteiger partial charge >= 0.3 is 18.2 Å². The largest absolute Gasteiger partial charge is 0.444 e. The number of urea groups is 1. The summed E-state index contributed by atoms with van der Waals surface area (Å²) in [7, 11) is 0. The molecule has 1 aliphatic carbocycles. The molecule has 0 bridgehead atoms. The summed E-state index contributed by atoms with van der Waals surface area (Å²) in [5.74, 6) is -2.00. The lowest BCUT2D eigenvalue weighted by atomic mass is 10.0. The van der Waals surface area contributed by atoms with Crippen LogP contribution >= 0.6 is 0 Å². The Bertz CT molecular complexity index is 1780. The van der Waals surface area contributed by atoms with Gasteiger partial charge in [-0.3, -0.25) is 9.59 Å². The Labute approximate surface area is 297 Å². The first-order valence-corrected chi connectivity index (χ1v) is 16.8. The summed E-state index contributed by atoms with van der Waals surface area (Å²) in [6.45, 7) is 9.22. The number of amides is 6. The van der Waals surface area contributed by atoms with Crippen molar-refractivity contribution >= 4 is 47.1 Å². The Morgan fingerprint density at radius 2 is 1.47 bits per heavy atom. The zero-order valence-electron chi connectivity index (χ0n) is 29.4. The molecule has 0 fully saturated rings. The fourth-order valence-corrected chi connectivity index (χ4v) is 5.29. The van der Waals surface area contributed by atoms with E-state index >= 15 is 0 Å². The summed E-state index contributed by atoms with van der Waals surface area (Å²) in [6.07, 6.45) is -1.51. The van der Waals surface area contributed by atoms with Crippen molar-refractivity contribution in [2.24, 2.45) is 21.6 Å². The molecule has 0 saturated carbocycles. The van der Waals surface area contributed by atoms with E-state index < -0.39 is 47.7 Å². The molecule has 0 aliphatic heterocycles. The molecule has 0 heterocycles. The fourth-order valence-electron chi connectivity index (χ4n) is 5.29. The van der Waals surface area contributed by atoms with Gasteiger partial charge in [-0.2, -0.15) is 4.99 Å². The predicted molar refractivity (Wildman–Crippen MR) is 194 cm³/mol. The molecular weight excluding hydrogens is 652 g/mol. The summed E-state index contributed by atoms with van der Waals surface area (Å²) in [4.78, 5) is 71.8. The lowest BCUT2D eigenvalue weighted by molar-refractivity contribution is -0.113. The molecule has 0 saturated heterocycles. The number of nitrogens with two attached hydrogens (primary N) is 1. The van der Waals surface area contributed by atoms with Crippen LogP contribution in [0.3, 0.4) is 0 Å². The van der Waals surface area contributed by atoms with E-state index in [-0.39, 0.29) is 37.4 Å². The quantitative estimate of drug-likeness (QED) is 0.123. The number of hydrogen-bond donors (Lipinski definition) is 4. The monoisotopic (exact) mass is 696 g/mol. The van der Waals surface area contributed by atoms with Gasteiger partial charge in [-0.1, -0.05) is 74.5 Å². The third-order valence-electron chi connectivity index (χ3n) is 7.94. The van der Waals surface area contributed by atoms with Gasteiger partial charge in [-0.25, -0.2) is 19.4 Å². The average Bonchev–Trinajstić information content (AvgIpc) is 3.40. The van der Waals surface area contributed by atoms with Crippen molar-refractivity contribution < 1.29 is 33.4 Å². The summed E-state index contributed by atoms with van der Waals surface area (Å²) in [6, 6.07) is 21.2. The molecular formula is C38H44N6O7. The van der Waals surface area contributed by atoms with Crippen LogP contribution in [-0.2, 0) is 25.6 Å². The smallest absolute Gasteiger partial charge is 0.434 e. The molecule has 0 radical (unpaired) electrons. The molecule has 51 heavy (non-hydrogen) atoms. The Morgan fingerprint density at radius 1 is 0.863 bits per heavy atom. The van der Waals surface area contributed by atoms with Crippen molar-refractivity contribution in [3.8, 4) is 11.1 Å². The minimum atomic E-state index is -0.955. The maximum atomic E-state index is 13.6. The lowest BCUT2D eigenvalue weighted by Gasteiger charge is -2.19. The number of nitrogens with zero attached hydrogens (tertiary/aromatic N) is 2.